The van der Waals surface area contributed by atoms with Crippen LogP contribution in [0, 0.1) is 10.5 Å². The lowest BCUT2D eigenvalue weighted by Gasteiger charge is -2.29. The number of carbonyl (C=O) groups excluding carboxylic acids is 1. The van der Waals surface area contributed by atoms with E-state index in [0.717, 1.165) is 20.6 Å². The molecule has 0 aliphatic rings. The van der Waals surface area contributed by atoms with Gasteiger partial charge in [-0.3, -0.25) is 9.78 Å². The number of hydrogen-bond donors (Lipinski definition) is 1. The van der Waals surface area contributed by atoms with E-state index in [1.807, 2.05) is 26.0 Å². The Morgan fingerprint density at radius 1 is 1.14 bits per heavy atom. The second-order valence-corrected chi connectivity index (χ2v) is 9.15. The van der Waals surface area contributed by atoms with Crippen molar-refractivity contribution in [2.75, 3.05) is 5.73 Å². The largest absolute Gasteiger partial charge is 0.435 e. The standard InChI is InChI=1S/C24H20F3IN6O/c1-13-10-16-11-15(5-7-19(16)31-22(13)29)23(35)34(14(2)21-18(28)4-3-9-30-21)12-17-6-8-20(33-32-17)24(25,26)27/h3-11,14H,12H2,1-2H3,(H2,29,31)/t14-/m1/s1. The van der Waals surface area contributed by atoms with E-state index < -0.39 is 17.9 Å². The molecule has 0 bridgehead atoms. The van der Waals surface area contributed by atoms with Crippen molar-refractivity contribution in [1.82, 2.24) is 25.1 Å². The first-order valence-corrected chi connectivity index (χ1v) is 11.6. The number of halogens is 4. The molecule has 4 rings (SSSR count). The Kier molecular flexibility index (Phi) is 6.88. The van der Waals surface area contributed by atoms with Gasteiger partial charge in [-0.2, -0.15) is 18.3 Å². The monoisotopic (exact) mass is 592 g/mol. The minimum absolute atomic E-state index is 0.0607. The van der Waals surface area contributed by atoms with Gasteiger partial charge in [0.05, 0.1) is 29.5 Å². The van der Waals surface area contributed by atoms with Crippen LogP contribution in [0.2, 0.25) is 0 Å². The number of benzene rings is 1. The highest BCUT2D eigenvalue weighted by Crippen LogP contribution is 2.29. The van der Waals surface area contributed by atoms with E-state index in [0.29, 0.717) is 22.6 Å². The predicted octanol–water partition coefficient (Wildman–Crippen LogP) is 5.34. The van der Waals surface area contributed by atoms with E-state index >= 15 is 0 Å². The number of hydrogen-bond acceptors (Lipinski definition) is 6. The van der Waals surface area contributed by atoms with Crippen molar-refractivity contribution in [3.05, 3.63) is 86.5 Å². The average molecular weight is 592 g/mol. The smallest absolute Gasteiger partial charge is 0.383 e. The molecule has 0 radical (unpaired) electrons. The number of aromatic nitrogens is 4. The summed E-state index contributed by atoms with van der Waals surface area (Å²) in [6.07, 6.45) is -2.97. The van der Waals surface area contributed by atoms with Gasteiger partial charge in [0.25, 0.3) is 5.91 Å². The molecule has 2 N–H and O–H groups in total. The van der Waals surface area contributed by atoms with Crippen LogP contribution in [0.5, 0.6) is 0 Å². The number of nitrogen functional groups attached to an aromatic ring is 1. The molecule has 11 heteroatoms. The molecule has 0 aliphatic carbocycles. The molecule has 7 nitrogen and oxygen atoms in total. The second-order valence-electron chi connectivity index (χ2n) is 7.99. The number of aryl methyl sites for hydroxylation is 1. The van der Waals surface area contributed by atoms with Gasteiger partial charge in [-0.25, -0.2) is 4.98 Å². The van der Waals surface area contributed by atoms with E-state index in [4.69, 9.17) is 5.73 Å². The Balaban J connectivity index is 1.73. The average Bonchev–Trinajstić information content (AvgIpc) is 2.82. The van der Waals surface area contributed by atoms with Crippen LogP contribution in [0.3, 0.4) is 0 Å². The molecule has 3 aromatic heterocycles. The van der Waals surface area contributed by atoms with Crippen LogP contribution in [0.25, 0.3) is 10.9 Å². The van der Waals surface area contributed by atoms with Crippen LogP contribution in [0.1, 0.15) is 46.0 Å². The highest BCUT2D eigenvalue weighted by molar-refractivity contribution is 14.1. The Labute approximate surface area is 212 Å². The van der Waals surface area contributed by atoms with E-state index in [1.165, 1.54) is 11.0 Å². The number of pyridine rings is 2. The van der Waals surface area contributed by atoms with Crippen LogP contribution in [-0.4, -0.2) is 31.0 Å². The Morgan fingerprint density at radius 3 is 2.57 bits per heavy atom. The fourth-order valence-corrected chi connectivity index (χ4v) is 4.40. The fourth-order valence-electron chi connectivity index (χ4n) is 3.60. The summed E-state index contributed by atoms with van der Waals surface area (Å²) in [5.74, 6) is 0.0782. The highest BCUT2D eigenvalue weighted by atomic mass is 127. The van der Waals surface area contributed by atoms with Crippen LogP contribution in [-0.2, 0) is 12.7 Å². The highest BCUT2D eigenvalue weighted by Gasteiger charge is 2.33. The Hall–Kier alpha value is -3.35. The number of carbonyl (C=O) groups is 1. The number of alkyl halides is 3. The minimum Gasteiger partial charge on any atom is -0.383 e. The van der Waals surface area contributed by atoms with Gasteiger partial charge in [0.2, 0.25) is 0 Å². The molecule has 0 spiro atoms. The van der Waals surface area contributed by atoms with Crippen LogP contribution < -0.4 is 5.73 Å². The first kappa shape index (κ1) is 24.8. The summed E-state index contributed by atoms with van der Waals surface area (Å²) in [7, 11) is 0. The van der Waals surface area contributed by atoms with E-state index in [2.05, 4.69) is 42.8 Å². The minimum atomic E-state index is -4.60. The first-order chi connectivity index (χ1) is 16.5. The summed E-state index contributed by atoms with van der Waals surface area (Å²) in [6.45, 7) is 3.58. The lowest BCUT2D eigenvalue weighted by Crippen LogP contribution is -2.34. The molecule has 0 unspecified atom stereocenters. The molecule has 1 amide bonds. The first-order valence-electron chi connectivity index (χ1n) is 10.5. The van der Waals surface area contributed by atoms with Gasteiger partial charge in [-0.05, 0) is 90.5 Å². The normalized spacial score (nSPS) is 12.5. The molecule has 3 heterocycles. The molecule has 4 aromatic rings. The van der Waals surface area contributed by atoms with E-state index in [1.54, 1.807) is 30.5 Å². The van der Waals surface area contributed by atoms with Crippen molar-refractivity contribution < 1.29 is 18.0 Å². The van der Waals surface area contributed by atoms with Gasteiger partial charge < -0.3 is 10.6 Å². The van der Waals surface area contributed by atoms with Crippen molar-refractivity contribution in [3.63, 3.8) is 0 Å². The molecule has 0 aliphatic heterocycles. The van der Waals surface area contributed by atoms with Crippen LogP contribution in [0.15, 0.2) is 54.7 Å². The van der Waals surface area contributed by atoms with Crippen LogP contribution >= 0.6 is 22.6 Å². The SMILES string of the molecule is Cc1cc2cc(C(=O)N(Cc3ccc(C(F)(F)F)nn3)[C@H](C)c3ncccc3I)ccc2nc1N. The summed E-state index contributed by atoms with van der Waals surface area (Å²) in [5.41, 5.74) is 7.51. The molecule has 0 saturated heterocycles. The third-order valence-corrected chi connectivity index (χ3v) is 6.46. The van der Waals surface area contributed by atoms with Gasteiger partial charge in [-0.15, -0.1) is 5.10 Å². The maximum atomic E-state index is 13.7. The third-order valence-electron chi connectivity index (χ3n) is 5.54. The van der Waals surface area contributed by atoms with Crippen LogP contribution in [0.4, 0.5) is 19.0 Å². The lowest BCUT2D eigenvalue weighted by molar-refractivity contribution is -0.141. The number of nitrogens with two attached hydrogens (primary N) is 1. The second kappa shape index (κ2) is 9.72. The molecule has 180 valence electrons. The molecular formula is C24H20F3IN6O. The van der Waals surface area contributed by atoms with Gasteiger partial charge in [0, 0.05) is 20.7 Å². The van der Waals surface area contributed by atoms with Gasteiger partial charge >= 0.3 is 6.18 Å². The lowest BCUT2D eigenvalue weighted by atomic mass is 10.1. The predicted molar refractivity (Wildman–Crippen MR) is 133 cm³/mol. The van der Waals surface area contributed by atoms with Crippen molar-refractivity contribution in [2.45, 2.75) is 32.6 Å². The molecule has 1 aromatic carbocycles. The molecule has 0 fully saturated rings. The molecule has 35 heavy (non-hydrogen) atoms. The summed E-state index contributed by atoms with van der Waals surface area (Å²) < 4.78 is 39.6. The number of anilines is 1. The zero-order valence-corrected chi connectivity index (χ0v) is 20.9. The number of fused-ring (bicyclic) bond motifs is 1. The van der Waals surface area contributed by atoms with Gasteiger partial charge in [0.1, 0.15) is 5.82 Å². The van der Waals surface area contributed by atoms with Crippen molar-refractivity contribution in [1.29, 1.82) is 0 Å². The zero-order chi connectivity index (χ0) is 25.3. The molecular weight excluding hydrogens is 572 g/mol. The third kappa shape index (κ3) is 5.34. The summed E-state index contributed by atoms with van der Waals surface area (Å²) in [4.78, 5) is 24.0. The van der Waals surface area contributed by atoms with Crippen molar-refractivity contribution >= 4 is 45.2 Å². The van der Waals surface area contributed by atoms with Gasteiger partial charge in [0.15, 0.2) is 5.69 Å². The topological polar surface area (TPSA) is 97.9 Å². The number of rotatable bonds is 5. The Morgan fingerprint density at radius 2 is 1.91 bits per heavy atom. The zero-order valence-electron chi connectivity index (χ0n) is 18.7. The summed E-state index contributed by atoms with van der Waals surface area (Å²) in [6, 6.07) is 12.2. The number of amides is 1. The maximum Gasteiger partial charge on any atom is 0.435 e. The Bertz CT molecular complexity index is 1390. The maximum absolute atomic E-state index is 13.7. The molecule has 1 atom stereocenters. The summed E-state index contributed by atoms with van der Waals surface area (Å²) >= 11 is 2.14. The summed E-state index contributed by atoms with van der Waals surface area (Å²) in [5, 5.41) is 7.76. The quantitative estimate of drug-likeness (QED) is 0.315. The van der Waals surface area contributed by atoms with E-state index in [9.17, 15) is 18.0 Å². The molecule has 0 saturated carbocycles. The van der Waals surface area contributed by atoms with E-state index in [-0.39, 0.29) is 18.1 Å². The van der Waals surface area contributed by atoms with Crippen molar-refractivity contribution in [2.24, 2.45) is 0 Å². The fraction of sp³-hybridized carbons (Fsp3) is 0.208. The van der Waals surface area contributed by atoms with Crippen molar-refractivity contribution in [3.8, 4) is 0 Å². The number of nitrogens with zero attached hydrogens (tertiary/aromatic N) is 5. The van der Waals surface area contributed by atoms with Gasteiger partial charge in [-0.1, -0.05) is 0 Å².